The SMILES string of the molecule is CCc1cc(N2CCN(C(=O)[C@@H]3CCCO3)CC2)nc(N2CCOCC2)n1. The standard InChI is InChI=1S/C19H29N5O3/c1-2-15-14-17(21-19(20-15)24-9-12-26-13-10-24)22-5-7-23(8-6-22)18(25)16-4-3-11-27-16/h14,16H,2-13H2,1H3/t16-/m0/s1. The minimum absolute atomic E-state index is 0.151. The van der Waals surface area contributed by atoms with Crippen LogP contribution in [0.3, 0.4) is 0 Å². The van der Waals surface area contributed by atoms with Gasteiger partial charge in [0.25, 0.3) is 5.91 Å². The average molecular weight is 375 g/mol. The number of amides is 1. The predicted molar refractivity (Wildman–Crippen MR) is 102 cm³/mol. The first-order valence-electron chi connectivity index (χ1n) is 10.1. The smallest absolute Gasteiger partial charge is 0.251 e. The van der Waals surface area contributed by atoms with Crippen LogP contribution in [-0.4, -0.2) is 86.0 Å². The van der Waals surface area contributed by atoms with E-state index in [4.69, 9.17) is 19.4 Å². The maximum Gasteiger partial charge on any atom is 0.251 e. The lowest BCUT2D eigenvalue weighted by Crippen LogP contribution is -2.51. The van der Waals surface area contributed by atoms with Gasteiger partial charge in [0.1, 0.15) is 11.9 Å². The molecule has 148 valence electrons. The van der Waals surface area contributed by atoms with Gasteiger partial charge >= 0.3 is 0 Å². The normalized spacial score (nSPS) is 23.7. The van der Waals surface area contributed by atoms with Gasteiger partial charge in [-0.25, -0.2) is 4.98 Å². The molecule has 4 rings (SSSR count). The van der Waals surface area contributed by atoms with E-state index in [1.807, 2.05) is 4.90 Å². The summed E-state index contributed by atoms with van der Waals surface area (Å²) in [5.74, 6) is 1.91. The summed E-state index contributed by atoms with van der Waals surface area (Å²) < 4.78 is 11.0. The highest BCUT2D eigenvalue weighted by atomic mass is 16.5. The molecule has 1 aromatic rings. The van der Waals surface area contributed by atoms with Crippen LogP contribution >= 0.6 is 0 Å². The zero-order valence-electron chi connectivity index (χ0n) is 16.1. The molecule has 0 bridgehead atoms. The lowest BCUT2D eigenvalue weighted by molar-refractivity contribution is -0.141. The number of morpholine rings is 1. The summed E-state index contributed by atoms with van der Waals surface area (Å²) in [7, 11) is 0. The topological polar surface area (TPSA) is 71.0 Å². The molecule has 1 amide bonds. The zero-order chi connectivity index (χ0) is 18.6. The molecule has 1 atom stereocenters. The summed E-state index contributed by atoms with van der Waals surface area (Å²) in [4.78, 5) is 28.5. The quantitative estimate of drug-likeness (QED) is 0.767. The van der Waals surface area contributed by atoms with Gasteiger partial charge in [-0.3, -0.25) is 4.79 Å². The van der Waals surface area contributed by atoms with Crippen molar-refractivity contribution in [2.24, 2.45) is 0 Å². The molecule has 0 aliphatic carbocycles. The van der Waals surface area contributed by atoms with E-state index in [0.29, 0.717) is 6.61 Å². The first-order valence-corrected chi connectivity index (χ1v) is 10.1. The fraction of sp³-hybridized carbons (Fsp3) is 0.737. The Bertz CT molecular complexity index is 651. The Morgan fingerprint density at radius 1 is 1.07 bits per heavy atom. The van der Waals surface area contributed by atoms with Crippen LogP contribution in [0.2, 0.25) is 0 Å². The maximum atomic E-state index is 12.5. The summed E-state index contributed by atoms with van der Waals surface area (Å²) in [6.07, 6.45) is 2.50. The Kier molecular flexibility index (Phi) is 5.73. The van der Waals surface area contributed by atoms with E-state index in [-0.39, 0.29) is 12.0 Å². The van der Waals surface area contributed by atoms with Gasteiger partial charge in [-0.1, -0.05) is 6.92 Å². The number of carbonyl (C=O) groups is 1. The number of hydrogen-bond acceptors (Lipinski definition) is 7. The van der Waals surface area contributed by atoms with Gasteiger partial charge in [0, 0.05) is 57.6 Å². The Balaban J connectivity index is 1.43. The molecule has 0 aromatic carbocycles. The molecular weight excluding hydrogens is 346 g/mol. The molecule has 3 saturated heterocycles. The van der Waals surface area contributed by atoms with Crippen molar-refractivity contribution in [3.05, 3.63) is 11.8 Å². The largest absolute Gasteiger partial charge is 0.378 e. The van der Waals surface area contributed by atoms with E-state index in [1.165, 1.54) is 0 Å². The molecule has 8 nitrogen and oxygen atoms in total. The molecular formula is C19H29N5O3. The maximum absolute atomic E-state index is 12.5. The molecule has 0 spiro atoms. The summed E-state index contributed by atoms with van der Waals surface area (Å²) in [5, 5.41) is 0. The highest BCUT2D eigenvalue weighted by Gasteiger charge is 2.30. The van der Waals surface area contributed by atoms with Crippen molar-refractivity contribution >= 4 is 17.7 Å². The highest BCUT2D eigenvalue weighted by Crippen LogP contribution is 2.22. The van der Waals surface area contributed by atoms with Gasteiger partial charge in [0.05, 0.1) is 13.2 Å². The van der Waals surface area contributed by atoms with E-state index < -0.39 is 0 Å². The third-order valence-corrected chi connectivity index (χ3v) is 5.53. The van der Waals surface area contributed by atoms with Crippen molar-refractivity contribution in [2.75, 3.05) is 68.9 Å². The molecule has 1 aromatic heterocycles. The van der Waals surface area contributed by atoms with Gasteiger partial charge in [-0.2, -0.15) is 4.98 Å². The Morgan fingerprint density at radius 2 is 1.85 bits per heavy atom. The van der Waals surface area contributed by atoms with Crippen molar-refractivity contribution in [1.29, 1.82) is 0 Å². The molecule has 0 saturated carbocycles. The van der Waals surface area contributed by atoms with Crippen LogP contribution < -0.4 is 9.80 Å². The highest BCUT2D eigenvalue weighted by molar-refractivity contribution is 5.81. The molecule has 3 fully saturated rings. The number of ether oxygens (including phenoxy) is 2. The van der Waals surface area contributed by atoms with Gasteiger partial charge in [0.2, 0.25) is 5.95 Å². The van der Waals surface area contributed by atoms with Gasteiger partial charge in [-0.05, 0) is 19.3 Å². The van der Waals surface area contributed by atoms with Crippen molar-refractivity contribution in [3.63, 3.8) is 0 Å². The monoisotopic (exact) mass is 375 g/mol. The van der Waals surface area contributed by atoms with Crippen LogP contribution in [0.5, 0.6) is 0 Å². The molecule has 0 radical (unpaired) electrons. The third kappa shape index (κ3) is 4.16. The summed E-state index contributed by atoms with van der Waals surface area (Å²) >= 11 is 0. The van der Waals surface area contributed by atoms with Gasteiger partial charge in [-0.15, -0.1) is 0 Å². The van der Waals surface area contributed by atoms with Crippen molar-refractivity contribution in [1.82, 2.24) is 14.9 Å². The zero-order valence-corrected chi connectivity index (χ0v) is 16.1. The van der Waals surface area contributed by atoms with Crippen LogP contribution in [0, 0.1) is 0 Å². The van der Waals surface area contributed by atoms with E-state index in [1.54, 1.807) is 0 Å². The number of aromatic nitrogens is 2. The van der Waals surface area contributed by atoms with E-state index in [9.17, 15) is 4.79 Å². The van der Waals surface area contributed by atoms with Crippen molar-refractivity contribution in [3.8, 4) is 0 Å². The first-order chi connectivity index (χ1) is 13.2. The number of carbonyl (C=O) groups excluding carboxylic acids is 1. The minimum Gasteiger partial charge on any atom is -0.378 e. The lowest BCUT2D eigenvalue weighted by atomic mass is 10.2. The molecule has 0 unspecified atom stereocenters. The van der Waals surface area contributed by atoms with Crippen molar-refractivity contribution in [2.45, 2.75) is 32.3 Å². The van der Waals surface area contributed by atoms with Gasteiger partial charge < -0.3 is 24.2 Å². The van der Waals surface area contributed by atoms with Crippen LogP contribution in [0.1, 0.15) is 25.5 Å². The van der Waals surface area contributed by atoms with Crippen LogP contribution in [0.25, 0.3) is 0 Å². The third-order valence-electron chi connectivity index (χ3n) is 5.53. The molecule has 4 heterocycles. The second kappa shape index (κ2) is 8.39. The number of rotatable bonds is 4. The lowest BCUT2D eigenvalue weighted by Gasteiger charge is -2.37. The molecule has 27 heavy (non-hydrogen) atoms. The summed E-state index contributed by atoms with van der Waals surface area (Å²) in [6, 6.07) is 2.08. The second-order valence-electron chi connectivity index (χ2n) is 7.28. The van der Waals surface area contributed by atoms with E-state index in [0.717, 1.165) is 89.2 Å². The number of nitrogens with zero attached hydrogens (tertiary/aromatic N) is 5. The Morgan fingerprint density at radius 3 is 2.52 bits per heavy atom. The van der Waals surface area contributed by atoms with Crippen molar-refractivity contribution < 1.29 is 14.3 Å². The molecule has 0 N–H and O–H groups in total. The van der Waals surface area contributed by atoms with E-state index >= 15 is 0 Å². The fourth-order valence-electron chi connectivity index (χ4n) is 3.85. The molecule has 3 aliphatic heterocycles. The number of piperazine rings is 1. The van der Waals surface area contributed by atoms with Gasteiger partial charge in [0.15, 0.2) is 0 Å². The first kappa shape index (κ1) is 18.4. The van der Waals surface area contributed by atoms with Crippen LogP contribution in [-0.2, 0) is 20.7 Å². The van der Waals surface area contributed by atoms with Crippen LogP contribution in [0.15, 0.2) is 6.07 Å². The summed E-state index contributed by atoms with van der Waals surface area (Å²) in [5.41, 5.74) is 1.05. The minimum atomic E-state index is -0.227. The summed E-state index contributed by atoms with van der Waals surface area (Å²) in [6.45, 7) is 8.95. The number of aryl methyl sites for hydroxylation is 1. The number of anilines is 2. The number of hydrogen-bond donors (Lipinski definition) is 0. The average Bonchev–Trinajstić information content (AvgIpc) is 3.28. The molecule has 8 heteroatoms. The van der Waals surface area contributed by atoms with E-state index in [2.05, 4.69) is 22.8 Å². The Labute approximate surface area is 160 Å². The fourth-order valence-corrected chi connectivity index (χ4v) is 3.85. The second-order valence-corrected chi connectivity index (χ2v) is 7.28. The Hall–Kier alpha value is -1.93. The molecule has 3 aliphatic rings. The predicted octanol–water partition coefficient (Wildman–Crippen LogP) is 0.703. The van der Waals surface area contributed by atoms with Crippen LogP contribution in [0.4, 0.5) is 11.8 Å².